The van der Waals surface area contributed by atoms with Gasteiger partial charge in [-0.15, -0.1) is 0 Å². The molecular formula is C55H54. The zero-order valence-corrected chi connectivity index (χ0v) is 33.9. The fourth-order valence-electron chi connectivity index (χ4n) is 7.72. The van der Waals surface area contributed by atoms with Crippen molar-refractivity contribution in [2.24, 2.45) is 0 Å². The lowest BCUT2D eigenvalue weighted by Gasteiger charge is -2.08. The van der Waals surface area contributed by atoms with Gasteiger partial charge >= 0.3 is 0 Å². The summed E-state index contributed by atoms with van der Waals surface area (Å²) in [4.78, 5) is 0. The third-order valence-corrected chi connectivity index (χ3v) is 10.1. The van der Waals surface area contributed by atoms with Crippen LogP contribution in [-0.2, 0) is 0 Å². The molecule has 274 valence electrons. The smallest absolute Gasteiger partial charge is 0.00299 e. The quantitative estimate of drug-likeness (QED) is 0.171. The van der Waals surface area contributed by atoms with Crippen LogP contribution in [0.1, 0.15) is 98.5 Å². The molecule has 0 aliphatic heterocycles. The summed E-state index contributed by atoms with van der Waals surface area (Å²) in [7, 11) is 0. The van der Waals surface area contributed by atoms with Crippen molar-refractivity contribution in [2.45, 2.75) is 48.5 Å². The van der Waals surface area contributed by atoms with Crippen LogP contribution in [0.15, 0.2) is 167 Å². The van der Waals surface area contributed by atoms with E-state index in [0.29, 0.717) is 0 Å². The lowest BCUT2D eigenvalue weighted by molar-refractivity contribution is 1.50. The molecule has 0 nitrogen and oxygen atoms in total. The second-order valence-corrected chi connectivity index (χ2v) is 13.6. The van der Waals surface area contributed by atoms with Crippen molar-refractivity contribution in [1.29, 1.82) is 0 Å². The third-order valence-electron chi connectivity index (χ3n) is 10.1. The summed E-state index contributed by atoms with van der Waals surface area (Å²) in [6, 6.07) is 44.5. The molecule has 0 amide bonds. The van der Waals surface area contributed by atoms with E-state index < -0.39 is 0 Å². The van der Waals surface area contributed by atoms with Gasteiger partial charge in [-0.25, -0.2) is 0 Å². The topological polar surface area (TPSA) is 0 Å². The highest BCUT2D eigenvalue weighted by Gasteiger charge is 2.26. The van der Waals surface area contributed by atoms with Crippen LogP contribution in [0.3, 0.4) is 0 Å². The van der Waals surface area contributed by atoms with Crippen molar-refractivity contribution < 1.29 is 0 Å². The molecular weight excluding hydrogens is 661 g/mol. The monoisotopic (exact) mass is 714 g/mol. The van der Waals surface area contributed by atoms with Crippen molar-refractivity contribution in [3.05, 3.63) is 217 Å². The van der Waals surface area contributed by atoms with Gasteiger partial charge in [0.2, 0.25) is 0 Å². The molecule has 0 radical (unpaired) electrons. The molecule has 0 fully saturated rings. The molecule has 3 aliphatic carbocycles. The second-order valence-electron chi connectivity index (χ2n) is 13.6. The van der Waals surface area contributed by atoms with Crippen molar-refractivity contribution in [1.82, 2.24) is 0 Å². The Bertz CT molecular complexity index is 2210. The van der Waals surface area contributed by atoms with E-state index in [2.05, 4.69) is 167 Å². The summed E-state index contributed by atoms with van der Waals surface area (Å²) in [5, 5.41) is 0. The lowest BCUT2D eigenvalue weighted by atomic mass is 9.95. The molecule has 3 aliphatic rings. The lowest BCUT2D eigenvalue weighted by Crippen LogP contribution is -1.87. The highest BCUT2D eigenvalue weighted by molar-refractivity contribution is 6.05. The number of hydrogen-bond donors (Lipinski definition) is 0. The largest absolute Gasteiger partial charge is 0.0955 e. The maximum atomic E-state index is 4.24. The van der Waals surface area contributed by atoms with Crippen molar-refractivity contribution in [3.8, 4) is 33.4 Å². The highest BCUT2D eigenvalue weighted by Crippen LogP contribution is 2.48. The third kappa shape index (κ3) is 7.34. The first-order valence-electron chi connectivity index (χ1n) is 19.3. The molecule has 55 heavy (non-hydrogen) atoms. The number of benzene rings is 6. The normalized spacial score (nSPS) is 11.5. The number of fused-ring (bicyclic) bond motifs is 9. The molecule has 0 N–H and O–H groups in total. The summed E-state index contributed by atoms with van der Waals surface area (Å²) in [6.07, 6.45) is 0. The first-order valence-corrected chi connectivity index (χ1v) is 19.3. The van der Waals surface area contributed by atoms with Crippen LogP contribution >= 0.6 is 0 Å². The second kappa shape index (κ2) is 17.3. The van der Waals surface area contributed by atoms with Crippen LogP contribution in [0.2, 0.25) is 0 Å². The maximum absolute atomic E-state index is 4.24. The van der Waals surface area contributed by atoms with Gasteiger partial charge in [-0.05, 0) is 121 Å². The molecule has 0 bridgehead atoms. The van der Waals surface area contributed by atoms with Crippen LogP contribution in [-0.4, -0.2) is 0 Å². The molecule has 6 aromatic rings. The fourth-order valence-corrected chi connectivity index (χ4v) is 7.72. The zero-order chi connectivity index (χ0) is 40.0. The van der Waals surface area contributed by atoms with Crippen LogP contribution in [0.5, 0.6) is 0 Å². The minimum atomic E-state index is 1.09. The Labute approximate surface area is 331 Å². The van der Waals surface area contributed by atoms with E-state index in [0.717, 1.165) is 33.4 Å². The molecule has 0 unspecified atom stereocenters. The van der Waals surface area contributed by atoms with Crippen LogP contribution in [0.25, 0.3) is 66.8 Å². The van der Waals surface area contributed by atoms with E-state index in [1.165, 1.54) is 83.5 Å². The van der Waals surface area contributed by atoms with E-state index in [-0.39, 0.29) is 0 Å². The number of rotatable bonds is 3. The molecule has 0 heterocycles. The molecule has 0 atom stereocenters. The molecule has 0 aromatic heterocycles. The van der Waals surface area contributed by atoms with Gasteiger partial charge in [0, 0.05) is 0 Å². The molecule has 6 aromatic carbocycles. The van der Waals surface area contributed by atoms with Gasteiger partial charge in [-0.1, -0.05) is 211 Å². The summed E-state index contributed by atoms with van der Waals surface area (Å²) >= 11 is 0. The molecule has 0 saturated carbocycles. The Morgan fingerprint density at radius 3 is 0.709 bits per heavy atom. The Morgan fingerprint density at radius 2 is 0.491 bits per heavy atom. The van der Waals surface area contributed by atoms with E-state index in [1.807, 2.05) is 48.5 Å². The van der Waals surface area contributed by atoms with Crippen molar-refractivity contribution in [2.75, 3.05) is 0 Å². The summed E-state index contributed by atoms with van der Waals surface area (Å²) in [5.74, 6) is 0. The standard InChI is InChI=1S/3C17H14.2C2H6/c3*1-11(2)13-9-6-10-16-15-8-5-4-7-14(15)12(3)17(13)16;2*1-2/h3*4-10H,1,3H2,2H3;2*1-2H3. The number of allylic oxidation sites excluding steroid dienone is 3. The first-order chi connectivity index (χ1) is 26.6. The zero-order valence-electron chi connectivity index (χ0n) is 33.9. The van der Waals surface area contributed by atoms with Crippen LogP contribution < -0.4 is 0 Å². The van der Waals surface area contributed by atoms with Gasteiger partial charge in [-0.2, -0.15) is 0 Å². The Balaban J connectivity index is 0.000000151. The van der Waals surface area contributed by atoms with Gasteiger partial charge in [0.05, 0.1) is 0 Å². The van der Waals surface area contributed by atoms with Crippen LogP contribution in [0.4, 0.5) is 0 Å². The van der Waals surface area contributed by atoms with Gasteiger partial charge in [-0.3, -0.25) is 0 Å². The molecule has 0 saturated heterocycles. The van der Waals surface area contributed by atoms with E-state index in [1.54, 1.807) is 0 Å². The maximum Gasteiger partial charge on any atom is -0.00299 e. The summed E-state index contributed by atoms with van der Waals surface area (Å²) in [5.41, 5.74) is 25.5. The first kappa shape index (κ1) is 40.0. The average Bonchev–Trinajstić information content (AvgIpc) is 3.81. The van der Waals surface area contributed by atoms with Crippen molar-refractivity contribution in [3.63, 3.8) is 0 Å². The van der Waals surface area contributed by atoms with E-state index in [9.17, 15) is 0 Å². The van der Waals surface area contributed by atoms with Gasteiger partial charge in [0.25, 0.3) is 0 Å². The van der Waals surface area contributed by atoms with E-state index >= 15 is 0 Å². The minimum Gasteiger partial charge on any atom is -0.0955 e. The Morgan fingerprint density at radius 1 is 0.291 bits per heavy atom. The summed E-state index contributed by atoms with van der Waals surface area (Å²) < 4.78 is 0. The predicted molar refractivity (Wildman–Crippen MR) is 247 cm³/mol. The molecule has 0 heteroatoms. The minimum absolute atomic E-state index is 1.09. The van der Waals surface area contributed by atoms with Gasteiger partial charge < -0.3 is 0 Å². The Hall–Kier alpha value is -6.24. The van der Waals surface area contributed by atoms with E-state index in [4.69, 9.17) is 0 Å². The van der Waals surface area contributed by atoms with Gasteiger partial charge in [0.1, 0.15) is 0 Å². The fraction of sp³-hybridized carbons (Fsp3) is 0.127. The summed E-state index contributed by atoms with van der Waals surface area (Å²) in [6.45, 7) is 39.0. The average molecular weight is 715 g/mol. The molecule has 0 spiro atoms. The Kier molecular flexibility index (Phi) is 12.5. The van der Waals surface area contributed by atoms with Crippen LogP contribution in [0, 0.1) is 0 Å². The van der Waals surface area contributed by atoms with Gasteiger partial charge in [0.15, 0.2) is 0 Å². The predicted octanol–water partition coefficient (Wildman–Crippen LogP) is 16.3. The van der Waals surface area contributed by atoms with Crippen molar-refractivity contribution >= 4 is 33.4 Å². The molecule has 9 rings (SSSR count). The SMILES string of the molecule is C=C(C)c1cccc2c1C(=C)c1ccccc1-2.C=C(C)c1cccc2c1C(=C)c1ccccc1-2.C=C(C)c1cccc2c1C(=C)c1ccccc1-2.CC.CC. The highest BCUT2D eigenvalue weighted by atomic mass is 14.3. The number of hydrogen-bond acceptors (Lipinski definition) is 0.